The minimum Gasteiger partial charge on any atom is -0.497 e. The minimum absolute atomic E-state index is 0.0165. The molecule has 0 radical (unpaired) electrons. The molecule has 2 aromatic rings. The molecule has 1 aliphatic heterocycles. The number of amides is 2. The van der Waals surface area contributed by atoms with Gasteiger partial charge in [-0.25, -0.2) is 9.78 Å². The zero-order chi connectivity index (χ0) is 17.6. The van der Waals surface area contributed by atoms with E-state index in [0.29, 0.717) is 0 Å². The fourth-order valence-electron chi connectivity index (χ4n) is 3.37. The molecule has 1 N–H and O–H groups in total. The van der Waals surface area contributed by atoms with Crippen LogP contribution >= 0.6 is 0 Å². The van der Waals surface area contributed by atoms with E-state index >= 15 is 0 Å². The summed E-state index contributed by atoms with van der Waals surface area (Å²) < 4.78 is 7.30. The topological polar surface area (TPSA) is 59.4 Å². The zero-order valence-electron chi connectivity index (χ0n) is 14.9. The lowest BCUT2D eigenvalue weighted by molar-refractivity contribution is 0.155. The predicted octanol–water partition coefficient (Wildman–Crippen LogP) is 3.68. The van der Waals surface area contributed by atoms with Crippen LogP contribution in [0.25, 0.3) is 0 Å². The Bertz CT molecular complexity index is 696. The van der Waals surface area contributed by atoms with E-state index in [1.807, 2.05) is 48.5 Å². The molecule has 2 amide bonds. The maximum Gasteiger partial charge on any atom is 0.322 e. The van der Waals surface area contributed by atoms with E-state index in [0.717, 1.165) is 49.6 Å². The monoisotopic (exact) mass is 342 g/mol. The van der Waals surface area contributed by atoms with Crippen molar-refractivity contribution in [2.24, 2.45) is 0 Å². The zero-order valence-corrected chi connectivity index (χ0v) is 14.9. The molecule has 6 heteroatoms. The number of nitrogens with zero attached hydrogens (tertiary/aromatic N) is 3. The van der Waals surface area contributed by atoms with Gasteiger partial charge in [0.15, 0.2) is 0 Å². The summed E-state index contributed by atoms with van der Waals surface area (Å²) >= 11 is 0. The van der Waals surface area contributed by atoms with Gasteiger partial charge >= 0.3 is 6.03 Å². The number of urea groups is 1. The summed E-state index contributed by atoms with van der Waals surface area (Å²) in [4.78, 5) is 19.0. The number of rotatable bonds is 5. The summed E-state index contributed by atoms with van der Waals surface area (Å²) in [6, 6.07) is 7.69. The molecule has 0 saturated carbocycles. The molecule has 1 aliphatic rings. The van der Waals surface area contributed by atoms with E-state index in [4.69, 9.17) is 4.74 Å². The van der Waals surface area contributed by atoms with Gasteiger partial charge in [0.1, 0.15) is 11.6 Å². The van der Waals surface area contributed by atoms with Gasteiger partial charge in [-0.2, -0.15) is 0 Å². The van der Waals surface area contributed by atoms with Crippen LogP contribution in [0.5, 0.6) is 5.75 Å². The predicted molar refractivity (Wildman–Crippen MR) is 97.9 cm³/mol. The third kappa shape index (κ3) is 4.32. The maximum absolute atomic E-state index is 12.7. The number of aromatic nitrogens is 2. The largest absolute Gasteiger partial charge is 0.497 e. The number of carbonyl (C=O) groups is 1. The molecule has 0 unspecified atom stereocenters. The second-order valence-electron chi connectivity index (χ2n) is 6.46. The van der Waals surface area contributed by atoms with Crippen molar-refractivity contribution in [1.29, 1.82) is 0 Å². The molecule has 2 heterocycles. The number of aryl methyl sites for hydroxylation is 2. The summed E-state index contributed by atoms with van der Waals surface area (Å²) in [6.45, 7) is 3.72. The lowest BCUT2D eigenvalue weighted by atomic mass is 9.99. The highest BCUT2D eigenvalue weighted by molar-refractivity contribution is 5.89. The molecule has 1 atom stereocenters. The van der Waals surface area contributed by atoms with E-state index < -0.39 is 0 Å². The SMILES string of the molecule is COc1ccc(NC(=O)N2CCCC[C@@H]2CCn2ccnc2C)cc1. The average Bonchev–Trinajstić information content (AvgIpc) is 3.05. The second-order valence-corrected chi connectivity index (χ2v) is 6.46. The molecule has 0 bridgehead atoms. The van der Waals surface area contributed by atoms with Gasteiger partial charge in [0.2, 0.25) is 0 Å². The first kappa shape index (κ1) is 17.3. The van der Waals surface area contributed by atoms with Crippen LogP contribution in [0.4, 0.5) is 10.5 Å². The van der Waals surface area contributed by atoms with Crippen LogP contribution in [-0.4, -0.2) is 40.2 Å². The minimum atomic E-state index is -0.0165. The molecule has 1 fully saturated rings. The van der Waals surface area contributed by atoms with Crippen LogP contribution in [0.1, 0.15) is 31.5 Å². The van der Waals surface area contributed by atoms with Gasteiger partial charge in [0.05, 0.1) is 7.11 Å². The Kier molecular flexibility index (Phi) is 5.58. The Hall–Kier alpha value is -2.50. The lowest BCUT2D eigenvalue weighted by Crippen LogP contribution is -2.46. The molecule has 6 nitrogen and oxygen atoms in total. The van der Waals surface area contributed by atoms with Crippen molar-refractivity contribution in [3.05, 3.63) is 42.5 Å². The fourth-order valence-corrected chi connectivity index (χ4v) is 3.37. The van der Waals surface area contributed by atoms with E-state index in [9.17, 15) is 4.79 Å². The molecular weight excluding hydrogens is 316 g/mol. The Morgan fingerprint density at radius 3 is 2.80 bits per heavy atom. The second kappa shape index (κ2) is 8.05. The third-order valence-corrected chi connectivity index (χ3v) is 4.86. The molecule has 0 aliphatic carbocycles. The first-order chi connectivity index (χ1) is 12.2. The summed E-state index contributed by atoms with van der Waals surface area (Å²) in [5.41, 5.74) is 0.792. The van der Waals surface area contributed by atoms with Crippen LogP contribution in [0.15, 0.2) is 36.7 Å². The third-order valence-electron chi connectivity index (χ3n) is 4.86. The Balaban J connectivity index is 1.60. The number of anilines is 1. The van der Waals surface area contributed by atoms with Gasteiger partial charge < -0.3 is 19.5 Å². The van der Waals surface area contributed by atoms with Crippen molar-refractivity contribution >= 4 is 11.7 Å². The standard InChI is InChI=1S/C19H26N4O2/c1-15-20-11-14-22(15)13-10-17-5-3-4-12-23(17)19(24)21-16-6-8-18(25-2)9-7-16/h6-9,11,14,17H,3-5,10,12-13H2,1-2H3,(H,21,24)/t17-/m1/s1. The Labute approximate surface area is 148 Å². The number of hydrogen-bond donors (Lipinski definition) is 1. The number of piperidine rings is 1. The van der Waals surface area contributed by atoms with Crippen molar-refractivity contribution < 1.29 is 9.53 Å². The Morgan fingerprint density at radius 1 is 1.32 bits per heavy atom. The summed E-state index contributed by atoms with van der Waals surface area (Å²) in [5, 5.41) is 3.01. The van der Waals surface area contributed by atoms with Crippen molar-refractivity contribution in [2.45, 2.75) is 45.2 Å². The van der Waals surface area contributed by atoms with Crippen LogP contribution < -0.4 is 10.1 Å². The first-order valence-corrected chi connectivity index (χ1v) is 8.87. The molecule has 1 aromatic carbocycles. The highest BCUT2D eigenvalue weighted by atomic mass is 16.5. The number of benzene rings is 1. The van der Waals surface area contributed by atoms with Crippen molar-refractivity contribution in [1.82, 2.24) is 14.5 Å². The van der Waals surface area contributed by atoms with Gasteiger partial charge in [-0.1, -0.05) is 0 Å². The molecule has 0 spiro atoms. The van der Waals surface area contributed by atoms with Crippen molar-refractivity contribution in [2.75, 3.05) is 19.0 Å². The lowest BCUT2D eigenvalue weighted by Gasteiger charge is -2.36. The number of carbonyl (C=O) groups excluding carboxylic acids is 1. The van der Waals surface area contributed by atoms with Gasteiger partial charge in [0, 0.05) is 37.2 Å². The van der Waals surface area contributed by atoms with E-state index in [2.05, 4.69) is 14.9 Å². The molecular formula is C19H26N4O2. The number of likely N-dealkylation sites (tertiary alicyclic amines) is 1. The quantitative estimate of drug-likeness (QED) is 0.902. The maximum atomic E-state index is 12.7. The first-order valence-electron chi connectivity index (χ1n) is 8.87. The normalized spacial score (nSPS) is 17.4. The van der Waals surface area contributed by atoms with Crippen LogP contribution in [-0.2, 0) is 6.54 Å². The number of nitrogens with one attached hydrogen (secondary N) is 1. The highest BCUT2D eigenvalue weighted by Crippen LogP contribution is 2.22. The number of imidazole rings is 1. The van der Waals surface area contributed by atoms with Crippen molar-refractivity contribution in [3.8, 4) is 5.75 Å². The average molecular weight is 342 g/mol. The summed E-state index contributed by atoms with van der Waals surface area (Å²) in [6.07, 6.45) is 8.08. The van der Waals surface area contributed by atoms with Crippen LogP contribution in [0, 0.1) is 6.92 Å². The van der Waals surface area contributed by atoms with E-state index in [1.54, 1.807) is 7.11 Å². The number of methoxy groups -OCH3 is 1. The molecule has 134 valence electrons. The Morgan fingerprint density at radius 2 is 2.12 bits per heavy atom. The van der Waals surface area contributed by atoms with E-state index in [1.165, 1.54) is 6.42 Å². The number of ether oxygens (including phenoxy) is 1. The summed E-state index contributed by atoms with van der Waals surface area (Å²) in [7, 11) is 1.63. The van der Waals surface area contributed by atoms with Crippen molar-refractivity contribution in [3.63, 3.8) is 0 Å². The van der Waals surface area contributed by atoms with Gasteiger partial charge in [-0.3, -0.25) is 0 Å². The molecule has 1 saturated heterocycles. The van der Waals surface area contributed by atoms with Gasteiger partial charge in [-0.05, 0) is 56.9 Å². The smallest absolute Gasteiger partial charge is 0.322 e. The molecule has 3 rings (SSSR count). The highest BCUT2D eigenvalue weighted by Gasteiger charge is 2.26. The van der Waals surface area contributed by atoms with E-state index in [-0.39, 0.29) is 12.1 Å². The fraction of sp³-hybridized carbons (Fsp3) is 0.474. The summed E-state index contributed by atoms with van der Waals surface area (Å²) in [5.74, 6) is 1.80. The van der Waals surface area contributed by atoms with Crippen LogP contribution in [0.3, 0.4) is 0 Å². The van der Waals surface area contributed by atoms with Gasteiger partial charge in [-0.15, -0.1) is 0 Å². The van der Waals surface area contributed by atoms with Crippen LogP contribution in [0.2, 0.25) is 0 Å². The number of hydrogen-bond acceptors (Lipinski definition) is 3. The van der Waals surface area contributed by atoms with Gasteiger partial charge in [0.25, 0.3) is 0 Å². The molecule has 1 aromatic heterocycles. The molecule has 25 heavy (non-hydrogen) atoms.